The Morgan fingerprint density at radius 1 is 1.03 bits per heavy atom. The first kappa shape index (κ1) is 20.9. The van der Waals surface area contributed by atoms with Crippen molar-refractivity contribution in [1.29, 1.82) is 0 Å². The van der Waals surface area contributed by atoms with Gasteiger partial charge in [0, 0.05) is 35.4 Å². The highest BCUT2D eigenvalue weighted by Gasteiger charge is 2.25. The smallest absolute Gasteiger partial charge is 0.363 e. The fourth-order valence-corrected chi connectivity index (χ4v) is 3.27. The molecule has 1 aliphatic rings. The van der Waals surface area contributed by atoms with Gasteiger partial charge in [-0.05, 0) is 42.8 Å². The number of nitrogens with zero attached hydrogens (tertiary/aromatic N) is 3. The van der Waals surface area contributed by atoms with Gasteiger partial charge in [-0.1, -0.05) is 11.6 Å². The first-order valence-electron chi connectivity index (χ1n) is 9.05. The standard InChI is InChI=1S/C21H12ClN3O7/c1-11-8-18(25(29)30)16(22)10-15(11)19-7-6-14(31-19)9-17-21(26)32-20(23-17)12-2-4-13(5-3-12)24(27)28/h2-10H,1H3/b17-9-. The summed E-state index contributed by atoms with van der Waals surface area (Å²) in [4.78, 5) is 37.0. The molecule has 3 aromatic rings. The molecule has 0 bridgehead atoms. The highest BCUT2D eigenvalue weighted by atomic mass is 35.5. The van der Waals surface area contributed by atoms with E-state index in [4.69, 9.17) is 20.8 Å². The van der Waals surface area contributed by atoms with Gasteiger partial charge in [0.2, 0.25) is 5.90 Å². The third-order valence-electron chi connectivity index (χ3n) is 4.61. The molecule has 11 heteroatoms. The van der Waals surface area contributed by atoms with Crippen LogP contribution in [-0.4, -0.2) is 21.7 Å². The van der Waals surface area contributed by atoms with Crippen LogP contribution in [0.15, 0.2) is 63.6 Å². The largest absolute Gasteiger partial charge is 0.457 e. The minimum atomic E-state index is -0.703. The summed E-state index contributed by atoms with van der Waals surface area (Å²) in [6.07, 6.45) is 1.38. The van der Waals surface area contributed by atoms with Crippen molar-refractivity contribution in [2.45, 2.75) is 6.92 Å². The average molecular weight is 454 g/mol. The van der Waals surface area contributed by atoms with Crippen molar-refractivity contribution in [2.24, 2.45) is 4.99 Å². The van der Waals surface area contributed by atoms with Crippen LogP contribution in [0.25, 0.3) is 17.4 Å². The molecule has 2 heterocycles. The van der Waals surface area contributed by atoms with Crippen molar-refractivity contribution in [3.05, 3.63) is 96.4 Å². The molecule has 160 valence electrons. The minimum absolute atomic E-state index is 0.0147. The third kappa shape index (κ3) is 3.98. The SMILES string of the molecule is Cc1cc([N+](=O)[O-])c(Cl)cc1-c1ccc(/C=C2\N=C(c3ccc([N+](=O)[O-])cc3)OC2=O)o1. The Kier molecular flexibility index (Phi) is 5.29. The normalized spacial score (nSPS) is 14.4. The molecule has 0 amide bonds. The number of furan rings is 1. The highest BCUT2D eigenvalue weighted by Crippen LogP contribution is 2.34. The van der Waals surface area contributed by atoms with E-state index in [1.807, 2.05) is 0 Å². The van der Waals surface area contributed by atoms with E-state index in [1.54, 1.807) is 19.1 Å². The third-order valence-corrected chi connectivity index (χ3v) is 4.91. The van der Waals surface area contributed by atoms with Crippen molar-refractivity contribution < 1.29 is 23.8 Å². The number of nitro groups is 2. The monoisotopic (exact) mass is 453 g/mol. The van der Waals surface area contributed by atoms with Crippen molar-refractivity contribution in [2.75, 3.05) is 0 Å². The summed E-state index contributed by atoms with van der Waals surface area (Å²) in [6, 6.07) is 11.5. The molecule has 0 radical (unpaired) electrons. The van der Waals surface area contributed by atoms with E-state index in [-0.39, 0.29) is 28.0 Å². The zero-order valence-corrected chi connectivity index (χ0v) is 17.0. The molecule has 2 aromatic carbocycles. The summed E-state index contributed by atoms with van der Waals surface area (Å²) in [6.45, 7) is 1.69. The second kappa shape index (κ2) is 8.08. The van der Waals surface area contributed by atoms with E-state index in [0.29, 0.717) is 28.2 Å². The highest BCUT2D eigenvalue weighted by molar-refractivity contribution is 6.33. The number of ether oxygens (including phenoxy) is 1. The second-order valence-corrected chi connectivity index (χ2v) is 7.12. The van der Waals surface area contributed by atoms with Gasteiger partial charge in [-0.15, -0.1) is 0 Å². The summed E-state index contributed by atoms with van der Waals surface area (Å²) in [5, 5.41) is 21.8. The van der Waals surface area contributed by atoms with Gasteiger partial charge in [-0.2, -0.15) is 0 Å². The average Bonchev–Trinajstić information content (AvgIpc) is 3.36. The Hall–Kier alpha value is -4.31. The van der Waals surface area contributed by atoms with Crippen LogP contribution < -0.4 is 0 Å². The van der Waals surface area contributed by atoms with Gasteiger partial charge in [-0.25, -0.2) is 9.79 Å². The van der Waals surface area contributed by atoms with Crippen LogP contribution >= 0.6 is 11.6 Å². The molecule has 0 unspecified atom stereocenters. The molecule has 0 atom stereocenters. The van der Waals surface area contributed by atoms with Gasteiger partial charge in [0.15, 0.2) is 5.70 Å². The number of carbonyl (C=O) groups excluding carboxylic acids is 1. The predicted octanol–water partition coefficient (Wildman–Crippen LogP) is 5.07. The van der Waals surface area contributed by atoms with Crippen LogP contribution in [-0.2, 0) is 9.53 Å². The van der Waals surface area contributed by atoms with E-state index in [2.05, 4.69) is 4.99 Å². The lowest BCUT2D eigenvalue weighted by Crippen LogP contribution is -2.05. The van der Waals surface area contributed by atoms with Crippen LogP contribution in [0, 0.1) is 27.2 Å². The lowest BCUT2D eigenvalue weighted by Gasteiger charge is -2.04. The van der Waals surface area contributed by atoms with Gasteiger partial charge in [-0.3, -0.25) is 20.2 Å². The number of rotatable bonds is 5. The Morgan fingerprint density at radius 3 is 2.41 bits per heavy atom. The maximum Gasteiger partial charge on any atom is 0.363 e. The first-order chi connectivity index (χ1) is 15.2. The molecular formula is C21H12ClN3O7. The summed E-state index contributed by atoms with van der Waals surface area (Å²) >= 11 is 6.00. The Morgan fingerprint density at radius 2 is 1.75 bits per heavy atom. The van der Waals surface area contributed by atoms with Gasteiger partial charge in [0.25, 0.3) is 11.4 Å². The second-order valence-electron chi connectivity index (χ2n) is 6.72. The molecular weight excluding hydrogens is 442 g/mol. The molecule has 0 fully saturated rings. The van der Waals surface area contributed by atoms with E-state index < -0.39 is 15.8 Å². The van der Waals surface area contributed by atoms with Gasteiger partial charge in [0.05, 0.1) is 9.85 Å². The number of hydrogen-bond donors (Lipinski definition) is 0. The van der Waals surface area contributed by atoms with Gasteiger partial charge in [0.1, 0.15) is 16.5 Å². The fraction of sp³-hybridized carbons (Fsp3) is 0.0476. The molecule has 10 nitrogen and oxygen atoms in total. The molecule has 1 aliphatic heterocycles. The van der Waals surface area contributed by atoms with Crippen LogP contribution in [0.4, 0.5) is 11.4 Å². The topological polar surface area (TPSA) is 138 Å². The minimum Gasteiger partial charge on any atom is -0.457 e. The summed E-state index contributed by atoms with van der Waals surface area (Å²) in [5.41, 5.74) is 1.24. The lowest BCUT2D eigenvalue weighted by molar-refractivity contribution is -0.385. The maximum atomic E-state index is 12.2. The first-order valence-corrected chi connectivity index (χ1v) is 9.43. The van der Waals surface area contributed by atoms with Crippen LogP contribution in [0.5, 0.6) is 0 Å². The number of nitro benzene ring substituents is 2. The summed E-state index contributed by atoms with van der Waals surface area (Å²) in [5.74, 6) is 0.0124. The number of hydrogen-bond acceptors (Lipinski definition) is 8. The molecule has 0 N–H and O–H groups in total. The van der Waals surface area contributed by atoms with E-state index in [9.17, 15) is 25.0 Å². The van der Waals surface area contributed by atoms with E-state index in [1.165, 1.54) is 42.5 Å². The van der Waals surface area contributed by atoms with E-state index >= 15 is 0 Å². The fourth-order valence-electron chi connectivity index (χ4n) is 3.04. The van der Waals surface area contributed by atoms with Crippen LogP contribution in [0.1, 0.15) is 16.9 Å². The van der Waals surface area contributed by atoms with Gasteiger partial charge >= 0.3 is 5.97 Å². The Balaban J connectivity index is 1.62. The molecule has 0 aliphatic carbocycles. The molecule has 4 rings (SSSR count). The number of aryl methyl sites for hydroxylation is 1. The van der Waals surface area contributed by atoms with Crippen LogP contribution in [0.3, 0.4) is 0 Å². The zero-order valence-electron chi connectivity index (χ0n) is 16.3. The number of aliphatic imine (C=N–C) groups is 1. The quantitative estimate of drug-likeness (QED) is 0.227. The summed E-state index contributed by atoms with van der Waals surface area (Å²) in [7, 11) is 0. The molecule has 0 spiro atoms. The molecule has 0 saturated carbocycles. The van der Waals surface area contributed by atoms with Crippen LogP contribution in [0.2, 0.25) is 5.02 Å². The Bertz CT molecular complexity index is 1340. The predicted molar refractivity (Wildman–Crippen MR) is 114 cm³/mol. The van der Waals surface area contributed by atoms with E-state index in [0.717, 1.165) is 0 Å². The van der Waals surface area contributed by atoms with Crippen molar-refractivity contribution in [3.8, 4) is 11.3 Å². The number of carbonyl (C=O) groups is 1. The lowest BCUT2D eigenvalue weighted by atomic mass is 10.1. The van der Waals surface area contributed by atoms with Crippen molar-refractivity contribution in [3.63, 3.8) is 0 Å². The van der Waals surface area contributed by atoms with Crippen molar-refractivity contribution in [1.82, 2.24) is 0 Å². The number of non-ortho nitro benzene ring substituents is 1. The molecule has 0 saturated heterocycles. The zero-order chi connectivity index (χ0) is 23.0. The molecule has 1 aromatic heterocycles. The number of halogens is 1. The summed E-state index contributed by atoms with van der Waals surface area (Å²) < 4.78 is 10.9. The maximum absolute atomic E-state index is 12.2. The number of cyclic esters (lactones) is 1. The molecule has 32 heavy (non-hydrogen) atoms. The Labute approximate surface area is 184 Å². The van der Waals surface area contributed by atoms with Gasteiger partial charge < -0.3 is 9.15 Å². The van der Waals surface area contributed by atoms with Crippen molar-refractivity contribution >= 4 is 40.9 Å². The number of esters is 1. The number of benzene rings is 2.